The van der Waals surface area contributed by atoms with Crippen molar-refractivity contribution in [1.29, 1.82) is 0 Å². The number of hydrogen-bond donors (Lipinski definition) is 0. The summed E-state index contributed by atoms with van der Waals surface area (Å²) in [6, 6.07) is -1.99. The maximum absolute atomic E-state index is 10.0. The van der Waals surface area contributed by atoms with Crippen molar-refractivity contribution in [2.45, 2.75) is 0 Å². The summed E-state index contributed by atoms with van der Waals surface area (Å²) < 4.78 is 177. The maximum atomic E-state index is 10.0. The van der Waals surface area contributed by atoms with Crippen molar-refractivity contribution in [2.24, 2.45) is 0 Å². The third-order valence-electron chi connectivity index (χ3n) is 7.44. The van der Waals surface area contributed by atoms with Crippen molar-refractivity contribution in [1.82, 2.24) is 0 Å². The van der Waals surface area contributed by atoms with Gasteiger partial charge in [0.25, 0.3) is 0 Å². The monoisotopic (exact) mass is 565 g/mol. The zero-order chi connectivity index (χ0) is 44.9. The highest BCUT2D eigenvalue weighted by Gasteiger charge is 2.19. The van der Waals surface area contributed by atoms with Crippen molar-refractivity contribution in [3.63, 3.8) is 0 Å². The highest BCUT2D eigenvalue weighted by atomic mass is 16.3. The van der Waals surface area contributed by atoms with Crippen molar-refractivity contribution in [3.05, 3.63) is 157 Å². The third kappa shape index (κ3) is 3.72. The first-order chi connectivity index (χ1) is 29.3. The van der Waals surface area contributed by atoms with Crippen LogP contribution in [0.25, 0.3) is 87.6 Å². The smallest absolute Gasteiger partial charge is 0.136 e. The molecular weight excluding hydrogens is 520 g/mol. The van der Waals surface area contributed by atoms with Crippen LogP contribution in [0.4, 0.5) is 0 Å². The Bertz CT molecular complexity index is 3540. The molecule has 0 radical (unpaired) electrons. The Kier molecular flexibility index (Phi) is 2.61. The fourth-order valence-electron chi connectivity index (χ4n) is 5.59. The SMILES string of the molecule is [2H]c1c([2H])c([2H])c(-c2c3c([2H])c([2H])c([2H])c([2H])c3c(-c3c([2H])c([2H])c4c(oc5c([2H])c([2H])c([2H])c([2H])c54)c3[2H])c3c([2H])c(-c4cccc5ccccc45)c([2H])c([2H])c23)c([2H])c1[2H]. The average molecular weight is 566 g/mol. The fraction of sp³-hybridized carbons (Fsp3) is 0. The Labute approximate surface area is 275 Å². The highest BCUT2D eigenvalue weighted by molar-refractivity contribution is 6.22. The number of para-hydroxylation sites is 1. The van der Waals surface area contributed by atoms with Crippen LogP contribution in [0.15, 0.2) is 162 Å². The zero-order valence-electron chi connectivity index (χ0n) is 40.9. The maximum Gasteiger partial charge on any atom is 0.136 e. The van der Waals surface area contributed by atoms with Crippen molar-refractivity contribution >= 4 is 54.3 Å². The number of fused-ring (bicyclic) bond motifs is 6. The highest BCUT2D eigenvalue weighted by Crippen LogP contribution is 2.46. The summed E-state index contributed by atoms with van der Waals surface area (Å²) in [5, 5.41) is -1.32. The number of hydrogen-bond acceptors (Lipinski definition) is 1. The molecule has 0 N–H and O–H groups in total. The van der Waals surface area contributed by atoms with Gasteiger partial charge in [-0.1, -0.05) is 133 Å². The van der Waals surface area contributed by atoms with E-state index in [4.69, 9.17) is 19.5 Å². The minimum atomic E-state index is -0.841. The van der Waals surface area contributed by atoms with Gasteiger partial charge in [-0.3, -0.25) is 0 Å². The lowest BCUT2D eigenvalue weighted by Gasteiger charge is -2.19. The number of rotatable bonds is 3. The first-order valence-corrected chi connectivity index (χ1v) is 13.2. The molecule has 1 heterocycles. The summed E-state index contributed by atoms with van der Waals surface area (Å²) in [5.41, 5.74) is -2.95. The Morgan fingerprint density at radius 1 is 0.395 bits per heavy atom. The van der Waals surface area contributed by atoms with E-state index in [1.165, 1.54) is 0 Å². The molecule has 0 amide bonds. The third-order valence-corrected chi connectivity index (χ3v) is 7.44. The molecule has 0 saturated heterocycles. The molecule has 0 bridgehead atoms. The van der Waals surface area contributed by atoms with Crippen LogP contribution in [-0.4, -0.2) is 0 Å². The Morgan fingerprint density at radius 2 is 1.02 bits per heavy atom. The standard InChI is InChI=1S/C42H26O/c1-2-12-28(13-3-1)41-35-17-6-7-18-36(35)42(30-22-23-34-33-16-8-9-20-39(33)43-40(34)26-30)38-25-29(21-24-37(38)41)32-19-10-14-27-11-4-5-15-31(27)32/h1-26H/i1D,2D,3D,6D,7D,8D,9D,12D,13D,16D,17D,18D,20D,21D,22D,23D,24D,25D,26D. The minimum absolute atomic E-state index is 0.162. The predicted octanol–water partition coefficient (Wildman–Crippen LogP) is 12.0. The lowest BCUT2D eigenvalue weighted by molar-refractivity contribution is 0.669. The van der Waals surface area contributed by atoms with Crippen LogP contribution in [0.2, 0.25) is 0 Å². The summed E-state index contributed by atoms with van der Waals surface area (Å²) in [6.07, 6.45) is 0. The van der Waals surface area contributed by atoms with E-state index in [0.717, 1.165) is 0 Å². The first kappa shape index (κ1) is 11.9. The molecule has 0 atom stereocenters. The van der Waals surface area contributed by atoms with Gasteiger partial charge in [0, 0.05) is 10.8 Å². The normalized spacial score (nSPS) is 17.9. The Hall–Kier alpha value is -5.66. The molecular formula is C42H26O. The molecule has 1 aromatic heterocycles. The van der Waals surface area contributed by atoms with E-state index in [1.807, 2.05) is 0 Å². The van der Waals surface area contributed by atoms with Crippen molar-refractivity contribution < 1.29 is 30.5 Å². The number of benzene rings is 8. The Balaban J connectivity index is 1.65. The molecule has 0 saturated carbocycles. The van der Waals surface area contributed by atoms with Gasteiger partial charge in [-0.2, -0.15) is 0 Å². The van der Waals surface area contributed by atoms with Gasteiger partial charge in [-0.05, 0) is 89.9 Å². The molecule has 0 aliphatic rings. The van der Waals surface area contributed by atoms with E-state index in [2.05, 4.69) is 0 Å². The molecule has 0 aliphatic heterocycles. The summed E-state index contributed by atoms with van der Waals surface area (Å²) >= 11 is 0. The molecule has 1 heteroatoms. The molecule has 0 aliphatic carbocycles. The second kappa shape index (κ2) is 9.44. The van der Waals surface area contributed by atoms with Gasteiger partial charge >= 0.3 is 0 Å². The summed E-state index contributed by atoms with van der Waals surface area (Å²) in [4.78, 5) is 0. The topological polar surface area (TPSA) is 13.1 Å². The van der Waals surface area contributed by atoms with Gasteiger partial charge in [0.1, 0.15) is 11.2 Å². The van der Waals surface area contributed by atoms with E-state index in [1.54, 1.807) is 42.5 Å². The van der Waals surface area contributed by atoms with E-state index >= 15 is 0 Å². The number of furan rings is 1. The predicted molar refractivity (Wildman–Crippen MR) is 183 cm³/mol. The van der Waals surface area contributed by atoms with Gasteiger partial charge in [-0.25, -0.2) is 0 Å². The van der Waals surface area contributed by atoms with Crippen LogP contribution in [0.3, 0.4) is 0 Å². The summed E-state index contributed by atoms with van der Waals surface area (Å²) in [6.45, 7) is 0. The molecule has 0 spiro atoms. The second-order valence-corrected chi connectivity index (χ2v) is 9.79. The summed E-state index contributed by atoms with van der Waals surface area (Å²) in [7, 11) is 0. The molecule has 9 aromatic rings. The van der Waals surface area contributed by atoms with E-state index in [-0.39, 0.29) is 21.9 Å². The van der Waals surface area contributed by atoms with Crippen LogP contribution in [0.5, 0.6) is 0 Å². The van der Waals surface area contributed by atoms with Crippen LogP contribution in [0, 0.1) is 0 Å². The van der Waals surface area contributed by atoms with Crippen molar-refractivity contribution in [3.8, 4) is 33.4 Å². The lowest BCUT2D eigenvalue weighted by Crippen LogP contribution is -1.92. The van der Waals surface area contributed by atoms with Gasteiger partial charge in [-0.15, -0.1) is 0 Å². The molecule has 8 aromatic carbocycles. The zero-order valence-corrected chi connectivity index (χ0v) is 21.9. The summed E-state index contributed by atoms with van der Waals surface area (Å²) in [5.74, 6) is 0. The van der Waals surface area contributed by atoms with Gasteiger partial charge in [0.05, 0.1) is 26.0 Å². The van der Waals surface area contributed by atoms with E-state index in [0.29, 0.717) is 10.8 Å². The van der Waals surface area contributed by atoms with E-state index in [9.17, 15) is 11.0 Å². The largest absolute Gasteiger partial charge is 0.456 e. The molecule has 200 valence electrons. The van der Waals surface area contributed by atoms with E-state index < -0.39 is 170 Å². The van der Waals surface area contributed by atoms with Gasteiger partial charge in [0.15, 0.2) is 0 Å². The van der Waals surface area contributed by atoms with Crippen LogP contribution >= 0.6 is 0 Å². The van der Waals surface area contributed by atoms with Crippen LogP contribution in [-0.2, 0) is 0 Å². The molecule has 0 fully saturated rings. The Morgan fingerprint density at radius 3 is 1.88 bits per heavy atom. The van der Waals surface area contributed by atoms with Crippen LogP contribution in [0.1, 0.15) is 26.0 Å². The lowest BCUT2D eigenvalue weighted by atomic mass is 9.84. The average Bonchev–Trinajstić information content (AvgIpc) is 3.67. The van der Waals surface area contributed by atoms with Gasteiger partial charge < -0.3 is 4.42 Å². The minimum Gasteiger partial charge on any atom is -0.456 e. The van der Waals surface area contributed by atoms with Crippen molar-refractivity contribution in [2.75, 3.05) is 0 Å². The van der Waals surface area contributed by atoms with Crippen LogP contribution < -0.4 is 0 Å². The first-order valence-electron chi connectivity index (χ1n) is 22.7. The quantitative estimate of drug-likeness (QED) is 0.194. The molecule has 9 rings (SSSR count). The molecule has 1 nitrogen and oxygen atoms in total. The second-order valence-electron chi connectivity index (χ2n) is 9.79. The molecule has 0 unspecified atom stereocenters. The molecule has 43 heavy (non-hydrogen) atoms. The van der Waals surface area contributed by atoms with Gasteiger partial charge in [0.2, 0.25) is 0 Å². The fourth-order valence-corrected chi connectivity index (χ4v) is 5.59.